The Kier molecular flexibility index (Phi) is 6.87. The first-order valence-corrected chi connectivity index (χ1v) is 10.6. The first-order valence-electron chi connectivity index (χ1n) is 9.57. The number of amides is 1. The summed E-state index contributed by atoms with van der Waals surface area (Å²) in [5, 5.41) is 3.18. The van der Waals surface area contributed by atoms with E-state index in [-0.39, 0.29) is 11.4 Å². The molecule has 1 N–H and O–H groups in total. The predicted octanol–water partition coefficient (Wildman–Crippen LogP) is 5.75. The normalized spacial score (nSPS) is 11.5. The number of nitrogens with zero attached hydrogens (tertiary/aromatic N) is 2. The van der Waals surface area contributed by atoms with Crippen molar-refractivity contribution in [1.82, 2.24) is 9.55 Å². The van der Waals surface area contributed by atoms with Crippen LogP contribution in [0, 0.1) is 0 Å². The average molecular weight is 433 g/mol. The van der Waals surface area contributed by atoms with Gasteiger partial charge in [0, 0.05) is 18.1 Å². The predicted molar refractivity (Wildman–Crippen MR) is 113 cm³/mol. The molecular weight excluding hydrogens is 411 g/mol. The number of aromatic nitrogens is 2. The summed E-state index contributed by atoms with van der Waals surface area (Å²) in [5.74, 6) is -0.364. The summed E-state index contributed by atoms with van der Waals surface area (Å²) in [4.78, 5) is 16.7. The Morgan fingerprint density at radius 2 is 1.77 bits per heavy atom. The SMILES string of the molecule is CCc1cccc(CC)c1-n1ccnc1SCC(=O)Nc1cccc(C(F)(F)F)c1. The molecular formula is C22H22F3N3OS. The molecule has 0 aliphatic rings. The van der Waals surface area contributed by atoms with E-state index in [1.807, 2.05) is 16.8 Å². The third kappa shape index (κ3) is 5.05. The molecule has 0 aliphatic carbocycles. The summed E-state index contributed by atoms with van der Waals surface area (Å²) in [6.45, 7) is 4.18. The van der Waals surface area contributed by atoms with Crippen LogP contribution in [0.5, 0.6) is 0 Å². The molecule has 3 aromatic rings. The second-order valence-electron chi connectivity index (χ2n) is 6.63. The molecule has 0 saturated heterocycles. The summed E-state index contributed by atoms with van der Waals surface area (Å²) < 4.78 is 40.5. The van der Waals surface area contributed by atoms with E-state index in [2.05, 4.69) is 36.3 Å². The van der Waals surface area contributed by atoms with Crippen LogP contribution in [0.15, 0.2) is 60.0 Å². The highest BCUT2D eigenvalue weighted by atomic mass is 32.2. The number of thioether (sulfide) groups is 1. The number of carbonyl (C=O) groups is 1. The van der Waals surface area contributed by atoms with Gasteiger partial charge in [0.2, 0.25) is 5.91 Å². The van der Waals surface area contributed by atoms with Gasteiger partial charge in [0.25, 0.3) is 0 Å². The minimum atomic E-state index is -4.45. The maximum absolute atomic E-state index is 12.8. The van der Waals surface area contributed by atoms with Crippen LogP contribution in [0.25, 0.3) is 5.69 Å². The second kappa shape index (κ2) is 9.38. The van der Waals surface area contributed by atoms with Gasteiger partial charge in [-0.2, -0.15) is 13.2 Å². The van der Waals surface area contributed by atoms with E-state index in [4.69, 9.17) is 0 Å². The van der Waals surface area contributed by atoms with Crippen LogP contribution in [0.3, 0.4) is 0 Å². The number of aryl methyl sites for hydroxylation is 2. The lowest BCUT2D eigenvalue weighted by molar-refractivity contribution is -0.137. The highest BCUT2D eigenvalue weighted by Crippen LogP contribution is 2.31. The van der Waals surface area contributed by atoms with Crippen molar-refractivity contribution >= 4 is 23.4 Å². The summed E-state index contributed by atoms with van der Waals surface area (Å²) in [7, 11) is 0. The maximum Gasteiger partial charge on any atom is 0.416 e. The fraction of sp³-hybridized carbons (Fsp3) is 0.273. The third-order valence-electron chi connectivity index (χ3n) is 4.62. The molecule has 1 heterocycles. The Hall–Kier alpha value is -2.74. The van der Waals surface area contributed by atoms with Crippen LogP contribution in [0.1, 0.15) is 30.5 Å². The highest BCUT2D eigenvalue weighted by Gasteiger charge is 2.30. The van der Waals surface area contributed by atoms with Crippen LogP contribution in [-0.4, -0.2) is 21.2 Å². The van der Waals surface area contributed by atoms with E-state index in [1.165, 1.54) is 35.0 Å². The number of para-hydroxylation sites is 1. The summed E-state index contributed by atoms with van der Waals surface area (Å²) in [5.41, 5.74) is 2.75. The van der Waals surface area contributed by atoms with Crippen molar-refractivity contribution < 1.29 is 18.0 Å². The lowest BCUT2D eigenvalue weighted by Gasteiger charge is -2.16. The van der Waals surface area contributed by atoms with Crippen LogP contribution in [0.2, 0.25) is 0 Å². The quantitative estimate of drug-likeness (QED) is 0.483. The van der Waals surface area contributed by atoms with E-state index < -0.39 is 17.6 Å². The van der Waals surface area contributed by atoms with Crippen LogP contribution in [0.4, 0.5) is 18.9 Å². The minimum absolute atomic E-state index is 0.0308. The molecule has 0 fully saturated rings. The van der Waals surface area contributed by atoms with Crippen molar-refractivity contribution in [2.24, 2.45) is 0 Å². The average Bonchev–Trinajstić information content (AvgIpc) is 3.19. The molecule has 30 heavy (non-hydrogen) atoms. The zero-order valence-corrected chi connectivity index (χ0v) is 17.5. The van der Waals surface area contributed by atoms with Gasteiger partial charge < -0.3 is 5.32 Å². The largest absolute Gasteiger partial charge is 0.416 e. The molecule has 0 bridgehead atoms. The van der Waals surface area contributed by atoms with Crippen molar-refractivity contribution in [1.29, 1.82) is 0 Å². The van der Waals surface area contributed by atoms with Gasteiger partial charge in [0.15, 0.2) is 5.16 Å². The van der Waals surface area contributed by atoms with Crippen molar-refractivity contribution in [2.75, 3.05) is 11.1 Å². The number of nitrogens with one attached hydrogen (secondary N) is 1. The van der Waals surface area contributed by atoms with E-state index in [0.29, 0.717) is 5.16 Å². The van der Waals surface area contributed by atoms with E-state index in [9.17, 15) is 18.0 Å². The molecule has 0 unspecified atom stereocenters. The number of imidazole rings is 1. The Morgan fingerprint density at radius 1 is 1.10 bits per heavy atom. The topological polar surface area (TPSA) is 46.9 Å². The molecule has 1 amide bonds. The Bertz CT molecular complexity index is 1010. The number of halogens is 3. The molecule has 3 rings (SSSR count). The lowest BCUT2D eigenvalue weighted by Crippen LogP contribution is -2.15. The van der Waals surface area contributed by atoms with Gasteiger partial charge in [-0.1, -0.05) is 49.9 Å². The first kappa shape index (κ1) is 22.0. The summed E-state index contributed by atoms with van der Waals surface area (Å²) in [6, 6.07) is 10.8. The Labute approximate surface area is 177 Å². The number of carbonyl (C=O) groups excluding carboxylic acids is 1. The number of benzene rings is 2. The van der Waals surface area contributed by atoms with Crippen molar-refractivity contribution in [3.05, 3.63) is 71.5 Å². The van der Waals surface area contributed by atoms with Gasteiger partial charge >= 0.3 is 6.18 Å². The highest BCUT2D eigenvalue weighted by molar-refractivity contribution is 7.99. The van der Waals surface area contributed by atoms with Crippen molar-refractivity contribution in [3.8, 4) is 5.69 Å². The lowest BCUT2D eigenvalue weighted by atomic mass is 10.0. The number of alkyl halides is 3. The van der Waals surface area contributed by atoms with E-state index >= 15 is 0 Å². The van der Waals surface area contributed by atoms with E-state index in [1.54, 1.807) is 6.20 Å². The Morgan fingerprint density at radius 3 is 2.40 bits per heavy atom. The summed E-state index contributed by atoms with van der Waals surface area (Å²) >= 11 is 1.24. The molecule has 0 atom stereocenters. The number of hydrogen-bond donors (Lipinski definition) is 1. The van der Waals surface area contributed by atoms with Crippen LogP contribution < -0.4 is 5.32 Å². The molecule has 8 heteroatoms. The molecule has 1 aromatic heterocycles. The standard InChI is InChI=1S/C22H22F3N3OS/c1-3-15-7-5-8-16(4-2)20(15)28-12-11-26-21(28)30-14-19(29)27-18-10-6-9-17(13-18)22(23,24)25/h5-13H,3-4,14H2,1-2H3,(H,27,29). The fourth-order valence-corrected chi connectivity index (χ4v) is 3.95. The fourth-order valence-electron chi connectivity index (χ4n) is 3.19. The van der Waals surface area contributed by atoms with Gasteiger partial charge in [-0.05, 0) is 42.2 Å². The molecule has 0 radical (unpaired) electrons. The smallest absolute Gasteiger partial charge is 0.325 e. The van der Waals surface area contributed by atoms with Gasteiger partial charge in [0.05, 0.1) is 17.0 Å². The number of hydrogen-bond acceptors (Lipinski definition) is 3. The Balaban J connectivity index is 1.73. The van der Waals surface area contributed by atoms with Gasteiger partial charge in [-0.25, -0.2) is 4.98 Å². The zero-order valence-electron chi connectivity index (χ0n) is 16.7. The zero-order chi connectivity index (χ0) is 21.7. The van der Waals surface area contributed by atoms with Gasteiger partial charge in [-0.3, -0.25) is 9.36 Å². The van der Waals surface area contributed by atoms with Crippen LogP contribution >= 0.6 is 11.8 Å². The number of anilines is 1. The van der Waals surface area contributed by atoms with Crippen molar-refractivity contribution in [3.63, 3.8) is 0 Å². The van der Waals surface area contributed by atoms with E-state index in [0.717, 1.165) is 30.7 Å². The number of rotatable bonds is 7. The molecule has 0 aliphatic heterocycles. The second-order valence-corrected chi connectivity index (χ2v) is 7.57. The molecule has 4 nitrogen and oxygen atoms in total. The molecule has 158 valence electrons. The molecule has 0 saturated carbocycles. The van der Waals surface area contributed by atoms with Gasteiger partial charge in [-0.15, -0.1) is 0 Å². The molecule has 0 spiro atoms. The van der Waals surface area contributed by atoms with Crippen molar-refractivity contribution in [2.45, 2.75) is 38.0 Å². The first-order chi connectivity index (χ1) is 14.3. The maximum atomic E-state index is 12.8. The monoisotopic (exact) mass is 433 g/mol. The van der Waals surface area contributed by atoms with Gasteiger partial charge in [0.1, 0.15) is 0 Å². The summed E-state index contributed by atoms with van der Waals surface area (Å²) in [6.07, 6.45) is 0.812. The minimum Gasteiger partial charge on any atom is -0.325 e. The van der Waals surface area contributed by atoms with Crippen LogP contribution in [-0.2, 0) is 23.8 Å². The molecule has 2 aromatic carbocycles. The third-order valence-corrected chi connectivity index (χ3v) is 5.59.